The van der Waals surface area contributed by atoms with E-state index in [9.17, 15) is 9.59 Å². The molecule has 1 fully saturated rings. The van der Waals surface area contributed by atoms with Crippen LogP contribution in [0.25, 0.3) is 0 Å². The molecule has 2 N–H and O–H groups in total. The second-order valence-electron chi connectivity index (χ2n) is 6.86. The second-order valence-corrected chi connectivity index (χ2v) is 7.27. The third-order valence-corrected chi connectivity index (χ3v) is 5.11. The number of carbonyl (C=O) groups is 2. The normalized spacial score (nSPS) is 15.5. The van der Waals surface area contributed by atoms with E-state index in [1.54, 1.807) is 12.1 Å². The molecule has 1 saturated heterocycles. The highest BCUT2D eigenvalue weighted by atomic mass is 35.5. The van der Waals surface area contributed by atoms with Crippen molar-refractivity contribution in [1.29, 1.82) is 0 Å². The summed E-state index contributed by atoms with van der Waals surface area (Å²) in [6.07, 6.45) is 1.49. The van der Waals surface area contributed by atoms with Crippen LogP contribution in [0.5, 0.6) is 0 Å². The average Bonchev–Trinajstić information content (AvgIpc) is 2.71. The fraction of sp³-hybridized carbons (Fsp3) is 0.286. The Labute approximate surface area is 174 Å². The summed E-state index contributed by atoms with van der Waals surface area (Å²) in [6.45, 7) is 4.45. The van der Waals surface area contributed by atoms with Crippen LogP contribution in [0.1, 0.15) is 21.5 Å². The Hall–Kier alpha value is -2.74. The van der Waals surface area contributed by atoms with E-state index in [1.807, 2.05) is 24.3 Å². The molecule has 8 heteroatoms. The first kappa shape index (κ1) is 21.0. The SMILES string of the molecule is O=C(CN1CCN(Cc2ccccc2Cl)CC1)N/N=C\c1ccc(C(=O)O)cc1. The number of halogens is 1. The fourth-order valence-corrected chi connectivity index (χ4v) is 3.30. The lowest BCUT2D eigenvalue weighted by molar-refractivity contribution is -0.122. The highest BCUT2D eigenvalue weighted by molar-refractivity contribution is 6.31. The predicted octanol–water partition coefficient (Wildman–Crippen LogP) is 2.31. The van der Waals surface area contributed by atoms with Gasteiger partial charge in [0.05, 0.1) is 18.3 Å². The summed E-state index contributed by atoms with van der Waals surface area (Å²) in [5.41, 5.74) is 4.55. The molecule has 1 aliphatic rings. The number of carbonyl (C=O) groups excluding carboxylic acids is 1. The fourth-order valence-electron chi connectivity index (χ4n) is 3.10. The molecule has 0 spiro atoms. The lowest BCUT2D eigenvalue weighted by atomic mass is 10.1. The number of carboxylic acid groups (broad SMARTS) is 1. The first-order valence-electron chi connectivity index (χ1n) is 9.34. The van der Waals surface area contributed by atoms with E-state index in [-0.39, 0.29) is 18.0 Å². The van der Waals surface area contributed by atoms with E-state index in [4.69, 9.17) is 16.7 Å². The van der Waals surface area contributed by atoms with Gasteiger partial charge in [-0.2, -0.15) is 5.10 Å². The van der Waals surface area contributed by atoms with Crippen molar-refractivity contribution < 1.29 is 14.7 Å². The van der Waals surface area contributed by atoms with Crippen molar-refractivity contribution in [1.82, 2.24) is 15.2 Å². The molecule has 0 radical (unpaired) electrons. The van der Waals surface area contributed by atoms with Crippen molar-refractivity contribution in [2.24, 2.45) is 5.10 Å². The van der Waals surface area contributed by atoms with E-state index in [0.29, 0.717) is 5.56 Å². The summed E-state index contributed by atoms with van der Waals surface area (Å²) in [7, 11) is 0. The third kappa shape index (κ3) is 6.39. The van der Waals surface area contributed by atoms with Crippen LogP contribution in [0.3, 0.4) is 0 Å². The predicted molar refractivity (Wildman–Crippen MR) is 112 cm³/mol. The molecule has 0 aliphatic carbocycles. The van der Waals surface area contributed by atoms with Crippen molar-refractivity contribution in [3.05, 3.63) is 70.2 Å². The van der Waals surface area contributed by atoms with Gasteiger partial charge in [0.15, 0.2) is 0 Å². The summed E-state index contributed by atoms with van der Waals surface area (Å²) in [4.78, 5) is 27.3. The second kappa shape index (κ2) is 10.2. The van der Waals surface area contributed by atoms with E-state index in [0.717, 1.165) is 43.3 Å². The average molecular weight is 415 g/mol. The van der Waals surface area contributed by atoms with E-state index >= 15 is 0 Å². The first-order chi connectivity index (χ1) is 14.0. The van der Waals surface area contributed by atoms with Gasteiger partial charge in [-0.3, -0.25) is 14.6 Å². The maximum Gasteiger partial charge on any atom is 0.335 e. The van der Waals surface area contributed by atoms with Gasteiger partial charge in [0.2, 0.25) is 0 Å². The molecule has 0 aromatic heterocycles. The monoisotopic (exact) mass is 414 g/mol. The van der Waals surface area contributed by atoms with Crippen LogP contribution < -0.4 is 5.43 Å². The van der Waals surface area contributed by atoms with E-state index in [2.05, 4.69) is 20.3 Å². The Bertz CT molecular complexity index is 878. The summed E-state index contributed by atoms with van der Waals surface area (Å²) >= 11 is 6.23. The molecule has 2 aromatic carbocycles. The number of amides is 1. The minimum absolute atomic E-state index is 0.178. The van der Waals surface area contributed by atoms with E-state index in [1.165, 1.54) is 18.3 Å². The van der Waals surface area contributed by atoms with Crippen LogP contribution in [0.2, 0.25) is 5.02 Å². The Morgan fingerprint density at radius 2 is 1.69 bits per heavy atom. The lowest BCUT2D eigenvalue weighted by Gasteiger charge is -2.34. The number of aromatic carboxylic acids is 1. The van der Waals surface area contributed by atoms with Crippen molar-refractivity contribution in [3.63, 3.8) is 0 Å². The molecule has 2 aromatic rings. The van der Waals surface area contributed by atoms with Gasteiger partial charge in [-0.1, -0.05) is 41.9 Å². The summed E-state index contributed by atoms with van der Waals surface area (Å²) < 4.78 is 0. The maximum absolute atomic E-state index is 12.1. The number of carboxylic acids is 1. The molecular weight excluding hydrogens is 392 g/mol. The molecule has 1 heterocycles. The summed E-state index contributed by atoms with van der Waals surface area (Å²) in [5.74, 6) is -1.16. The van der Waals surface area contributed by atoms with Gasteiger partial charge in [0, 0.05) is 37.7 Å². The minimum Gasteiger partial charge on any atom is -0.478 e. The Kier molecular flexibility index (Phi) is 7.35. The zero-order valence-electron chi connectivity index (χ0n) is 15.9. The number of hydrogen-bond acceptors (Lipinski definition) is 5. The molecule has 1 amide bonds. The zero-order valence-corrected chi connectivity index (χ0v) is 16.7. The topological polar surface area (TPSA) is 85.2 Å². The molecule has 0 saturated carbocycles. The number of hydrazone groups is 1. The van der Waals surface area contributed by atoms with Crippen LogP contribution in [-0.4, -0.2) is 65.7 Å². The van der Waals surface area contributed by atoms with Crippen LogP contribution in [-0.2, 0) is 11.3 Å². The Morgan fingerprint density at radius 1 is 1.03 bits per heavy atom. The van der Waals surface area contributed by atoms with Gasteiger partial charge in [0.1, 0.15) is 0 Å². The molecule has 152 valence electrons. The van der Waals surface area contributed by atoms with Crippen molar-refractivity contribution >= 4 is 29.7 Å². The van der Waals surface area contributed by atoms with Gasteiger partial charge in [0.25, 0.3) is 5.91 Å². The number of benzene rings is 2. The van der Waals surface area contributed by atoms with Crippen LogP contribution in [0.4, 0.5) is 0 Å². The minimum atomic E-state index is -0.978. The standard InChI is InChI=1S/C21H23ClN4O3/c22-19-4-2-1-3-18(19)14-25-9-11-26(12-10-25)15-20(27)24-23-13-16-5-7-17(8-6-16)21(28)29/h1-8,13H,9-12,14-15H2,(H,24,27)(H,28,29)/b23-13-. The van der Waals surface area contributed by atoms with Gasteiger partial charge in [-0.15, -0.1) is 0 Å². The van der Waals surface area contributed by atoms with Gasteiger partial charge in [-0.25, -0.2) is 10.2 Å². The largest absolute Gasteiger partial charge is 0.478 e. The highest BCUT2D eigenvalue weighted by Crippen LogP contribution is 2.17. The molecule has 0 atom stereocenters. The first-order valence-corrected chi connectivity index (χ1v) is 9.72. The zero-order chi connectivity index (χ0) is 20.6. The van der Waals surface area contributed by atoms with E-state index < -0.39 is 5.97 Å². The lowest BCUT2D eigenvalue weighted by Crippen LogP contribution is -2.48. The highest BCUT2D eigenvalue weighted by Gasteiger charge is 2.19. The molecular formula is C21H23ClN4O3. The van der Waals surface area contributed by atoms with Gasteiger partial charge in [-0.05, 0) is 29.3 Å². The Balaban J connectivity index is 1.39. The van der Waals surface area contributed by atoms with Crippen molar-refractivity contribution in [2.45, 2.75) is 6.54 Å². The number of nitrogens with one attached hydrogen (secondary N) is 1. The molecule has 0 unspecified atom stereocenters. The Morgan fingerprint density at radius 3 is 2.34 bits per heavy atom. The number of rotatable bonds is 7. The smallest absolute Gasteiger partial charge is 0.335 e. The van der Waals surface area contributed by atoms with Crippen LogP contribution >= 0.6 is 11.6 Å². The number of piperazine rings is 1. The summed E-state index contributed by atoms with van der Waals surface area (Å²) in [5, 5.41) is 13.6. The third-order valence-electron chi connectivity index (χ3n) is 4.74. The maximum atomic E-state index is 12.1. The molecule has 0 bridgehead atoms. The quantitative estimate of drug-likeness (QED) is 0.536. The molecule has 7 nitrogen and oxygen atoms in total. The molecule has 29 heavy (non-hydrogen) atoms. The van der Waals surface area contributed by atoms with Crippen molar-refractivity contribution in [3.8, 4) is 0 Å². The number of hydrogen-bond donors (Lipinski definition) is 2. The van der Waals surface area contributed by atoms with Crippen molar-refractivity contribution in [2.75, 3.05) is 32.7 Å². The van der Waals surface area contributed by atoms with Gasteiger partial charge < -0.3 is 5.11 Å². The van der Waals surface area contributed by atoms with Crippen LogP contribution in [0.15, 0.2) is 53.6 Å². The van der Waals surface area contributed by atoms with Gasteiger partial charge >= 0.3 is 5.97 Å². The van der Waals surface area contributed by atoms with Crippen LogP contribution in [0, 0.1) is 0 Å². The molecule has 1 aliphatic heterocycles. The number of nitrogens with zero attached hydrogens (tertiary/aromatic N) is 3. The summed E-state index contributed by atoms with van der Waals surface area (Å²) in [6, 6.07) is 14.1. The molecule has 3 rings (SSSR count).